The highest BCUT2D eigenvalue weighted by Crippen LogP contribution is 2.54. The van der Waals surface area contributed by atoms with Gasteiger partial charge in [-0.05, 0) is 69.1 Å². The summed E-state index contributed by atoms with van der Waals surface area (Å²) in [7, 11) is 3.90. The van der Waals surface area contributed by atoms with E-state index < -0.39 is 11.0 Å². The van der Waals surface area contributed by atoms with E-state index in [0.717, 1.165) is 24.9 Å². The molecule has 2 aliphatic rings. The highest BCUT2D eigenvalue weighted by molar-refractivity contribution is 5.94. The quantitative estimate of drug-likeness (QED) is 0.481. The number of hydrogen-bond donors (Lipinski definition) is 0. The Balaban J connectivity index is 1.77. The van der Waals surface area contributed by atoms with Crippen molar-refractivity contribution in [2.45, 2.75) is 56.6 Å². The second-order valence-corrected chi connectivity index (χ2v) is 9.96. The second kappa shape index (κ2) is 9.82. The van der Waals surface area contributed by atoms with Crippen LogP contribution in [0, 0.1) is 0 Å². The third kappa shape index (κ3) is 4.82. The fourth-order valence-corrected chi connectivity index (χ4v) is 6.07. The highest BCUT2D eigenvalue weighted by Gasteiger charge is 2.61. The summed E-state index contributed by atoms with van der Waals surface area (Å²) in [6.07, 6.45) is 2.75. The second-order valence-electron chi connectivity index (χ2n) is 9.96. The van der Waals surface area contributed by atoms with Crippen molar-refractivity contribution in [2.75, 3.05) is 27.2 Å². The smallest absolute Gasteiger partial charge is 0.308 e. The minimum atomic E-state index is -0.742. The maximum Gasteiger partial charge on any atom is 0.308 e. The molecule has 2 unspecified atom stereocenters. The molecule has 1 saturated heterocycles. The Labute approximate surface area is 207 Å². The monoisotopic (exact) mass is 478 g/mol. The Morgan fingerprint density at radius 2 is 1.74 bits per heavy atom. The number of carbonyl (C=O) groups excluding carboxylic acids is 3. The molecule has 7 nitrogen and oxygen atoms in total. The zero-order chi connectivity index (χ0) is 25.2. The number of benzene rings is 2. The van der Waals surface area contributed by atoms with Crippen molar-refractivity contribution in [2.24, 2.45) is 0 Å². The van der Waals surface area contributed by atoms with Gasteiger partial charge >= 0.3 is 11.9 Å². The number of esters is 2. The SMILES string of the molecule is CC(=O)Oc1cccc(C23CCN(C)CC2(OC(C)=O)CC[C@@H](N(C)C(=O)c2ccccc2)C3)c1. The Morgan fingerprint density at radius 3 is 2.43 bits per heavy atom. The summed E-state index contributed by atoms with van der Waals surface area (Å²) >= 11 is 0. The van der Waals surface area contributed by atoms with Gasteiger partial charge in [-0.25, -0.2) is 0 Å². The number of fused-ring (bicyclic) bond motifs is 1. The van der Waals surface area contributed by atoms with Crippen molar-refractivity contribution in [3.63, 3.8) is 0 Å². The fourth-order valence-electron chi connectivity index (χ4n) is 6.07. The number of hydrogen-bond acceptors (Lipinski definition) is 6. The van der Waals surface area contributed by atoms with Crippen LogP contribution in [0.3, 0.4) is 0 Å². The van der Waals surface area contributed by atoms with E-state index in [4.69, 9.17) is 9.47 Å². The van der Waals surface area contributed by atoms with E-state index in [0.29, 0.717) is 30.7 Å². The summed E-state index contributed by atoms with van der Waals surface area (Å²) in [4.78, 5) is 41.4. The van der Waals surface area contributed by atoms with Crippen LogP contribution < -0.4 is 4.74 Å². The van der Waals surface area contributed by atoms with Crippen LogP contribution in [0.4, 0.5) is 0 Å². The van der Waals surface area contributed by atoms with Crippen LogP contribution in [0.2, 0.25) is 0 Å². The van der Waals surface area contributed by atoms with Crippen LogP contribution in [0.1, 0.15) is 55.5 Å². The molecule has 1 aliphatic heterocycles. The van der Waals surface area contributed by atoms with Crippen molar-refractivity contribution >= 4 is 17.8 Å². The number of piperidine rings is 1. The molecule has 0 bridgehead atoms. The molecule has 2 aromatic rings. The lowest BCUT2D eigenvalue weighted by molar-refractivity contribution is -0.187. The van der Waals surface area contributed by atoms with Crippen LogP contribution in [0.15, 0.2) is 54.6 Å². The third-order valence-electron chi connectivity index (χ3n) is 7.66. The summed E-state index contributed by atoms with van der Waals surface area (Å²) in [6, 6.07) is 16.8. The van der Waals surface area contributed by atoms with Crippen LogP contribution >= 0.6 is 0 Å². The van der Waals surface area contributed by atoms with Crippen molar-refractivity contribution in [3.05, 3.63) is 65.7 Å². The van der Waals surface area contributed by atoms with E-state index in [-0.39, 0.29) is 23.9 Å². The lowest BCUT2D eigenvalue weighted by atomic mass is 9.55. The lowest BCUT2D eigenvalue weighted by Crippen LogP contribution is -2.68. The standard InChI is InChI=1S/C28H34N2O5/c1-20(31)34-25-12-8-11-23(17-25)27-15-16-29(3)19-28(27,35-21(2)32)14-13-24(18-27)30(4)26(33)22-9-6-5-7-10-22/h5-12,17,24H,13-16,18-19H2,1-4H3/t24-,27?,28?/m1/s1. The van der Waals surface area contributed by atoms with E-state index in [9.17, 15) is 14.4 Å². The molecule has 1 amide bonds. The highest BCUT2D eigenvalue weighted by atomic mass is 16.6. The van der Waals surface area contributed by atoms with Crippen molar-refractivity contribution < 1.29 is 23.9 Å². The van der Waals surface area contributed by atoms with Crippen molar-refractivity contribution in [1.29, 1.82) is 0 Å². The van der Waals surface area contributed by atoms with Crippen LogP contribution in [0.5, 0.6) is 5.75 Å². The number of rotatable bonds is 5. The minimum Gasteiger partial charge on any atom is -0.457 e. The average molecular weight is 479 g/mol. The fraction of sp³-hybridized carbons (Fsp3) is 0.464. The van der Waals surface area contributed by atoms with Gasteiger partial charge in [0.15, 0.2) is 0 Å². The first kappa shape index (κ1) is 24.9. The summed E-state index contributed by atoms with van der Waals surface area (Å²) < 4.78 is 11.6. The number of nitrogens with zero attached hydrogens (tertiary/aromatic N) is 2. The van der Waals surface area contributed by atoms with Gasteiger partial charge in [0.2, 0.25) is 0 Å². The first-order chi connectivity index (χ1) is 16.7. The number of carbonyl (C=O) groups is 3. The maximum atomic E-state index is 13.3. The molecule has 35 heavy (non-hydrogen) atoms. The van der Waals surface area contributed by atoms with Gasteiger partial charge < -0.3 is 19.3 Å². The molecule has 1 heterocycles. The van der Waals surface area contributed by atoms with Gasteiger partial charge in [-0.1, -0.05) is 30.3 Å². The molecule has 0 N–H and O–H groups in total. The zero-order valence-electron chi connectivity index (χ0n) is 21.0. The molecular formula is C28H34N2O5. The van der Waals surface area contributed by atoms with E-state index in [1.54, 1.807) is 6.07 Å². The third-order valence-corrected chi connectivity index (χ3v) is 7.66. The average Bonchev–Trinajstić information content (AvgIpc) is 2.82. The summed E-state index contributed by atoms with van der Waals surface area (Å²) in [5.74, 6) is -0.250. The Hall–Kier alpha value is -3.19. The van der Waals surface area contributed by atoms with Gasteiger partial charge in [-0.2, -0.15) is 0 Å². The summed E-state index contributed by atoms with van der Waals surface area (Å²) in [5, 5.41) is 0. The van der Waals surface area contributed by atoms with Gasteiger partial charge in [0.1, 0.15) is 11.4 Å². The van der Waals surface area contributed by atoms with E-state index in [1.807, 2.05) is 67.5 Å². The molecule has 0 aromatic heterocycles. The predicted molar refractivity (Wildman–Crippen MR) is 132 cm³/mol. The Bertz CT molecular complexity index is 1100. The molecule has 2 aromatic carbocycles. The van der Waals surface area contributed by atoms with Gasteiger partial charge in [-0.3, -0.25) is 14.4 Å². The summed E-state index contributed by atoms with van der Waals surface area (Å²) in [6.45, 7) is 4.27. The molecule has 186 valence electrons. The first-order valence-corrected chi connectivity index (χ1v) is 12.2. The normalized spacial score (nSPS) is 26.3. The maximum absolute atomic E-state index is 13.3. The summed E-state index contributed by atoms with van der Waals surface area (Å²) in [5.41, 5.74) is 0.348. The van der Waals surface area contributed by atoms with Gasteiger partial charge in [-0.15, -0.1) is 0 Å². The number of likely N-dealkylation sites (tertiary alicyclic amines) is 1. The Kier molecular flexibility index (Phi) is 6.99. The van der Waals surface area contributed by atoms with Crippen LogP contribution in [-0.4, -0.2) is 66.5 Å². The van der Waals surface area contributed by atoms with Gasteiger partial charge in [0.25, 0.3) is 5.91 Å². The topological polar surface area (TPSA) is 76.2 Å². The van der Waals surface area contributed by atoms with Crippen LogP contribution in [-0.2, 0) is 19.7 Å². The van der Waals surface area contributed by atoms with Gasteiger partial charge in [0.05, 0.1) is 0 Å². The lowest BCUT2D eigenvalue weighted by Gasteiger charge is -2.59. The van der Waals surface area contributed by atoms with Crippen LogP contribution in [0.25, 0.3) is 0 Å². The van der Waals surface area contributed by atoms with Gasteiger partial charge in [0, 0.05) is 44.5 Å². The minimum absolute atomic E-state index is 0.0210. The van der Waals surface area contributed by atoms with Crippen molar-refractivity contribution in [1.82, 2.24) is 9.80 Å². The molecule has 0 spiro atoms. The Morgan fingerprint density at radius 1 is 1.00 bits per heavy atom. The number of ether oxygens (including phenoxy) is 2. The molecule has 7 heteroatoms. The van der Waals surface area contributed by atoms with E-state index in [2.05, 4.69) is 4.90 Å². The molecule has 2 fully saturated rings. The molecule has 1 aliphatic carbocycles. The number of likely N-dealkylation sites (N-methyl/N-ethyl adjacent to an activating group) is 1. The first-order valence-electron chi connectivity index (χ1n) is 12.2. The molecular weight excluding hydrogens is 444 g/mol. The predicted octanol–water partition coefficient (Wildman–Crippen LogP) is 3.81. The molecule has 3 atom stereocenters. The van der Waals surface area contributed by atoms with E-state index >= 15 is 0 Å². The van der Waals surface area contributed by atoms with Crippen molar-refractivity contribution in [3.8, 4) is 5.75 Å². The van der Waals surface area contributed by atoms with E-state index in [1.165, 1.54) is 13.8 Å². The largest absolute Gasteiger partial charge is 0.457 e. The molecule has 1 saturated carbocycles. The molecule has 4 rings (SSSR count). The number of amides is 1. The zero-order valence-corrected chi connectivity index (χ0v) is 21.0. The molecule has 0 radical (unpaired) electrons.